The van der Waals surface area contributed by atoms with E-state index < -0.39 is 17.2 Å². The lowest BCUT2D eigenvalue weighted by molar-refractivity contribution is -0.133. The van der Waals surface area contributed by atoms with Crippen LogP contribution in [0.15, 0.2) is 15.8 Å². The van der Waals surface area contributed by atoms with Crippen molar-refractivity contribution in [2.45, 2.75) is 13.5 Å². The minimum Gasteiger partial charge on any atom is -0.395 e. The minimum atomic E-state index is -0.670. The molecular formula is C11H17N3O5. The Balaban J connectivity index is 2.89. The van der Waals surface area contributed by atoms with Crippen LogP contribution in [0.25, 0.3) is 0 Å². The van der Waals surface area contributed by atoms with Gasteiger partial charge >= 0.3 is 5.69 Å². The van der Waals surface area contributed by atoms with E-state index in [1.165, 1.54) is 18.0 Å². The summed E-state index contributed by atoms with van der Waals surface area (Å²) in [5.41, 5.74) is -0.837. The highest BCUT2D eigenvalue weighted by Gasteiger charge is 2.14. The standard InChI is InChI=1S/C11H17N3O5/c1-8-6-14(11(19)12-10(8)18)7-9(17)13(2-4-15)3-5-16/h6,15-16H,2-5,7H2,1H3,(H,12,18,19). The molecule has 0 aliphatic heterocycles. The Kier molecular flexibility index (Phi) is 5.46. The highest BCUT2D eigenvalue weighted by molar-refractivity contribution is 5.76. The van der Waals surface area contributed by atoms with E-state index in [0.717, 1.165) is 4.57 Å². The molecular weight excluding hydrogens is 254 g/mol. The fourth-order valence-corrected chi connectivity index (χ4v) is 1.58. The lowest BCUT2D eigenvalue weighted by atomic mass is 10.3. The summed E-state index contributed by atoms with van der Waals surface area (Å²) in [4.78, 5) is 37.9. The highest BCUT2D eigenvalue weighted by Crippen LogP contribution is 1.93. The van der Waals surface area contributed by atoms with E-state index in [0.29, 0.717) is 5.56 Å². The fourth-order valence-electron chi connectivity index (χ4n) is 1.58. The van der Waals surface area contributed by atoms with E-state index in [4.69, 9.17) is 10.2 Å². The Morgan fingerprint density at radius 2 is 1.89 bits per heavy atom. The first-order chi connectivity index (χ1) is 8.99. The number of carbonyl (C=O) groups is 1. The minimum absolute atomic E-state index is 0.0798. The van der Waals surface area contributed by atoms with Crippen LogP contribution in [0.3, 0.4) is 0 Å². The molecule has 0 radical (unpaired) electrons. The average Bonchev–Trinajstić information content (AvgIpc) is 2.35. The van der Waals surface area contributed by atoms with Gasteiger partial charge in [-0.3, -0.25) is 19.1 Å². The highest BCUT2D eigenvalue weighted by atomic mass is 16.3. The van der Waals surface area contributed by atoms with Crippen LogP contribution in [0.1, 0.15) is 5.56 Å². The van der Waals surface area contributed by atoms with Gasteiger partial charge in [-0.15, -0.1) is 0 Å². The van der Waals surface area contributed by atoms with Crippen LogP contribution in [-0.2, 0) is 11.3 Å². The summed E-state index contributed by atoms with van der Waals surface area (Å²) in [6.45, 7) is 0.971. The van der Waals surface area contributed by atoms with Crippen molar-refractivity contribution in [1.29, 1.82) is 0 Å². The van der Waals surface area contributed by atoms with Crippen LogP contribution in [-0.4, -0.2) is 56.9 Å². The molecule has 0 atom stereocenters. The van der Waals surface area contributed by atoms with Crippen molar-refractivity contribution in [3.8, 4) is 0 Å². The van der Waals surface area contributed by atoms with Crippen molar-refractivity contribution in [3.05, 3.63) is 32.6 Å². The quantitative estimate of drug-likeness (QED) is 0.536. The van der Waals surface area contributed by atoms with Crippen molar-refractivity contribution >= 4 is 5.91 Å². The number of nitrogens with zero attached hydrogens (tertiary/aromatic N) is 2. The molecule has 0 saturated carbocycles. The number of aromatic nitrogens is 2. The molecule has 0 fully saturated rings. The molecule has 8 heteroatoms. The molecule has 1 rings (SSSR count). The number of hydrogen-bond donors (Lipinski definition) is 3. The normalized spacial score (nSPS) is 10.5. The first-order valence-electron chi connectivity index (χ1n) is 5.79. The smallest absolute Gasteiger partial charge is 0.328 e. The average molecular weight is 271 g/mol. The largest absolute Gasteiger partial charge is 0.395 e. The Labute approximate surface area is 108 Å². The monoisotopic (exact) mass is 271 g/mol. The van der Waals surface area contributed by atoms with Crippen LogP contribution >= 0.6 is 0 Å². The van der Waals surface area contributed by atoms with Gasteiger partial charge in [0.25, 0.3) is 5.56 Å². The lowest BCUT2D eigenvalue weighted by Gasteiger charge is -2.21. The molecule has 106 valence electrons. The molecule has 1 aromatic rings. The SMILES string of the molecule is Cc1cn(CC(=O)N(CCO)CCO)c(=O)[nH]c1=O. The molecule has 1 aromatic heterocycles. The zero-order chi connectivity index (χ0) is 14.4. The maximum absolute atomic E-state index is 11.9. The summed E-state index contributed by atoms with van der Waals surface area (Å²) in [5.74, 6) is -0.420. The molecule has 0 bridgehead atoms. The summed E-state index contributed by atoms with van der Waals surface area (Å²) >= 11 is 0. The molecule has 1 heterocycles. The number of rotatable bonds is 6. The van der Waals surface area contributed by atoms with Crippen LogP contribution in [0.5, 0.6) is 0 Å². The van der Waals surface area contributed by atoms with Crippen molar-refractivity contribution in [3.63, 3.8) is 0 Å². The van der Waals surface area contributed by atoms with Gasteiger partial charge in [-0.2, -0.15) is 0 Å². The van der Waals surface area contributed by atoms with E-state index in [1.807, 2.05) is 0 Å². The van der Waals surface area contributed by atoms with E-state index in [1.54, 1.807) is 0 Å². The predicted molar refractivity (Wildman–Crippen MR) is 66.8 cm³/mol. The van der Waals surface area contributed by atoms with Crippen LogP contribution in [0, 0.1) is 6.92 Å². The van der Waals surface area contributed by atoms with Gasteiger partial charge in [-0.1, -0.05) is 0 Å². The number of aliphatic hydroxyl groups excluding tert-OH is 2. The number of carbonyl (C=O) groups excluding carboxylic acids is 1. The van der Waals surface area contributed by atoms with Crippen LogP contribution < -0.4 is 11.2 Å². The van der Waals surface area contributed by atoms with E-state index in [9.17, 15) is 14.4 Å². The summed E-state index contributed by atoms with van der Waals surface area (Å²) in [5, 5.41) is 17.6. The van der Waals surface area contributed by atoms with Crippen molar-refractivity contribution in [1.82, 2.24) is 14.5 Å². The van der Waals surface area contributed by atoms with Gasteiger partial charge in [0.2, 0.25) is 5.91 Å². The zero-order valence-electron chi connectivity index (χ0n) is 10.6. The van der Waals surface area contributed by atoms with Crippen molar-refractivity contribution in [2.24, 2.45) is 0 Å². The molecule has 1 amide bonds. The number of aromatic amines is 1. The van der Waals surface area contributed by atoms with Crippen molar-refractivity contribution in [2.75, 3.05) is 26.3 Å². The first-order valence-corrected chi connectivity index (χ1v) is 5.79. The maximum Gasteiger partial charge on any atom is 0.328 e. The second kappa shape index (κ2) is 6.86. The second-order valence-electron chi connectivity index (χ2n) is 4.03. The van der Waals surface area contributed by atoms with Crippen molar-refractivity contribution < 1.29 is 15.0 Å². The number of hydrogen-bond acceptors (Lipinski definition) is 5. The summed E-state index contributed by atoms with van der Waals surface area (Å²) < 4.78 is 1.08. The lowest BCUT2D eigenvalue weighted by Crippen LogP contribution is -2.41. The van der Waals surface area contributed by atoms with Gasteiger partial charge in [0.15, 0.2) is 0 Å². The third kappa shape index (κ3) is 4.04. The van der Waals surface area contributed by atoms with Crippen LogP contribution in [0.4, 0.5) is 0 Å². The van der Waals surface area contributed by atoms with Gasteiger partial charge in [-0.25, -0.2) is 4.79 Å². The number of aryl methyl sites for hydroxylation is 1. The van der Waals surface area contributed by atoms with E-state index >= 15 is 0 Å². The Morgan fingerprint density at radius 1 is 1.32 bits per heavy atom. The van der Waals surface area contributed by atoms with Crippen LogP contribution in [0.2, 0.25) is 0 Å². The number of H-pyrrole nitrogens is 1. The molecule has 0 unspecified atom stereocenters. The molecule has 0 aromatic carbocycles. The van der Waals surface area contributed by atoms with Gasteiger partial charge in [0, 0.05) is 24.8 Å². The third-order valence-corrected chi connectivity index (χ3v) is 2.59. The molecule has 0 aliphatic carbocycles. The van der Waals surface area contributed by atoms with Gasteiger partial charge in [-0.05, 0) is 6.92 Å². The molecule has 3 N–H and O–H groups in total. The molecule has 0 aliphatic rings. The van der Waals surface area contributed by atoms with Gasteiger partial charge < -0.3 is 15.1 Å². The fraction of sp³-hybridized carbons (Fsp3) is 0.545. The van der Waals surface area contributed by atoms with E-state index in [-0.39, 0.29) is 32.8 Å². The predicted octanol–water partition coefficient (Wildman–Crippen LogP) is -2.34. The van der Waals surface area contributed by atoms with Gasteiger partial charge in [0.05, 0.1) is 13.2 Å². The van der Waals surface area contributed by atoms with E-state index in [2.05, 4.69) is 4.98 Å². The number of nitrogens with one attached hydrogen (secondary N) is 1. The Hall–Kier alpha value is -1.93. The molecule has 19 heavy (non-hydrogen) atoms. The summed E-state index contributed by atoms with van der Waals surface area (Å²) in [7, 11) is 0. The molecule has 0 spiro atoms. The van der Waals surface area contributed by atoms with Gasteiger partial charge in [0.1, 0.15) is 6.54 Å². The topological polar surface area (TPSA) is 116 Å². The third-order valence-electron chi connectivity index (χ3n) is 2.59. The molecule has 0 saturated heterocycles. The first kappa shape index (κ1) is 15.1. The Morgan fingerprint density at radius 3 is 2.42 bits per heavy atom. The summed E-state index contributed by atoms with van der Waals surface area (Å²) in [6.07, 6.45) is 1.30. The molecule has 8 nitrogen and oxygen atoms in total. The maximum atomic E-state index is 11.9. The Bertz CT molecular complexity index is 542. The summed E-state index contributed by atoms with van der Waals surface area (Å²) in [6, 6.07) is 0. The number of aliphatic hydroxyl groups is 2. The zero-order valence-corrected chi connectivity index (χ0v) is 10.6. The second-order valence-corrected chi connectivity index (χ2v) is 4.03. The number of amides is 1.